The predicted molar refractivity (Wildman–Crippen MR) is 92.6 cm³/mol. The van der Waals surface area contributed by atoms with Gasteiger partial charge in [-0.2, -0.15) is 4.98 Å². The zero-order valence-electron chi connectivity index (χ0n) is 13.3. The summed E-state index contributed by atoms with van der Waals surface area (Å²) in [6.07, 6.45) is 3.28. The van der Waals surface area contributed by atoms with Crippen LogP contribution in [0, 0.1) is 0 Å². The number of aryl methyl sites for hydroxylation is 1. The fourth-order valence-electron chi connectivity index (χ4n) is 2.51. The second-order valence-corrected chi connectivity index (χ2v) is 7.94. The molecule has 1 aromatic heterocycles. The van der Waals surface area contributed by atoms with E-state index in [0.717, 1.165) is 18.2 Å². The van der Waals surface area contributed by atoms with Gasteiger partial charge in [-0.05, 0) is 30.9 Å². The van der Waals surface area contributed by atoms with E-state index in [1.54, 1.807) is 0 Å². The highest BCUT2D eigenvalue weighted by molar-refractivity contribution is 7.90. The normalized spacial score (nSPS) is 13.9. The van der Waals surface area contributed by atoms with E-state index in [1.165, 1.54) is 0 Å². The van der Waals surface area contributed by atoms with E-state index in [0.29, 0.717) is 48.3 Å². The molecule has 0 unspecified atom stereocenters. The van der Waals surface area contributed by atoms with E-state index in [1.807, 2.05) is 24.3 Å². The van der Waals surface area contributed by atoms with Crippen LogP contribution < -0.4 is 10.1 Å². The fraction of sp³-hybridized carbons (Fsp3) is 0.375. The number of hydrogen-bond donors (Lipinski definition) is 1. The maximum Gasteiger partial charge on any atom is 0.249 e. The molecule has 0 saturated heterocycles. The van der Waals surface area contributed by atoms with Crippen molar-refractivity contribution in [3.63, 3.8) is 0 Å². The molecule has 1 aliphatic rings. The average Bonchev–Trinajstić information content (AvgIpc) is 2.55. The monoisotopic (exact) mass is 367 g/mol. The SMILES string of the molecule is CS(=O)(=O)c1nc2c(c(NCCc3ccccc3Cl)n1)OCCC2. The molecule has 2 aromatic rings. The molecule has 0 atom stereocenters. The van der Waals surface area contributed by atoms with E-state index < -0.39 is 9.84 Å². The van der Waals surface area contributed by atoms with Crippen LogP contribution in [0.4, 0.5) is 5.82 Å². The van der Waals surface area contributed by atoms with Gasteiger partial charge in [0.05, 0.1) is 12.3 Å². The Morgan fingerprint density at radius 1 is 1.29 bits per heavy atom. The van der Waals surface area contributed by atoms with Gasteiger partial charge in [-0.15, -0.1) is 0 Å². The largest absolute Gasteiger partial charge is 0.488 e. The first-order chi connectivity index (χ1) is 11.4. The van der Waals surface area contributed by atoms with E-state index in [9.17, 15) is 8.42 Å². The van der Waals surface area contributed by atoms with Crippen LogP contribution in [0.5, 0.6) is 5.75 Å². The molecule has 3 rings (SSSR count). The summed E-state index contributed by atoms with van der Waals surface area (Å²) in [5.74, 6) is 0.972. The highest BCUT2D eigenvalue weighted by atomic mass is 35.5. The molecule has 0 aliphatic carbocycles. The van der Waals surface area contributed by atoms with Crippen molar-refractivity contribution in [2.75, 3.05) is 24.7 Å². The Morgan fingerprint density at radius 2 is 2.08 bits per heavy atom. The molecule has 1 N–H and O–H groups in total. The van der Waals surface area contributed by atoms with Gasteiger partial charge in [0.1, 0.15) is 0 Å². The lowest BCUT2D eigenvalue weighted by molar-refractivity contribution is 0.283. The van der Waals surface area contributed by atoms with Crippen molar-refractivity contribution < 1.29 is 13.2 Å². The smallest absolute Gasteiger partial charge is 0.249 e. The van der Waals surface area contributed by atoms with Crippen molar-refractivity contribution in [2.45, 2.75) is 24.4 Å². The molecule has 1 aromatic carbocycles. The summed E-state index contributed by atoms with van der Waals surface area (Å²) in [6.45, 7) is 1.13. The number of rotatable bonds is 5. The second-order valence-electron chi connectivity index (χ2n) is 5.62. The minimum absolute atomic E-state index is 0.174. The van der Waals surface area contributed by atoms with Crippen LogP contribution in [0.3, 0.4) is 0 Å². The molecule has 8 heteroatoms. The number of halogens is 1. The van der Waals surface area contributed by atoms with Gasteiger partial charge in [0.2, 0.25) is 15.0 Å². The molecular formula is C16H18ClN3O3S. The molecule has 0 spiro atoms. The van der Waals surface area contributed by atoms with Gasteiger partial charge in [0.15, 0.2) is 11.6 Å². The summed E-state index contributed by atoms with van der Waals surface area (Å²) in [5.41, 5.74) is 1.65. The molecular weight excluding hydrogens is 350 g/mol. The molecule has 0 fully saturated rings. The first-order valence-electron chi connectivity index (χ1n) is 7.66. The fourth-order valence-corrected chi connectivity index (χ4v) is 3.27. The molecule has 0 radical (unpaired) electrons. The highest BCUT2D eigenvalue weighted by Crippen LogP contribution is 2.31. The van der Waals surface area contributed by atoms with Crippen molar-refractivity contribution in [1.82, 2.24) is 9.97 Å². The summed E-state index contributed by atoms with van der Waals surface area (Å²) in [6, 6.07) is 7.61. The molecule has 24 heavy (non-hydrogen) atoms. The molecule has 0 bridgehead atoms. The van der Waals surface area contributed by atoms with Crippen LogP contribution in [-0.2, 0) is 22.7 Å². The number of ether oxygens (including phenoxy) is 1. The lowest BCUT2D eigenvalue weighted by Gasteiger charge is -2.20. The lowest BCUT2D eigenvalue weighted by atomic mass is 10.1. The van der Waals surface area contributed by atoms with Crippen LogP contribution in [0.25, 0.3) is 0 Å². The van der Waals surface area contributed by atoms with E-state index >= 15 is 0 Å². The summed E-state index contributed by atoms with van der Waals surface area (Å²) < 4.78 is 29.2. The third-order valence-corrected chi connectivity index (χ3v) is 4.91. The van der Waals surface area contributed by atoms with Crippen LogP contribution in [0.15, 0.2) is 29.4 Å². The molecule has 0 saturated carbocycles. The van der Waals surface area contributed by atoms with Crippen molar-refractivity contribution >= 4 is 27.3 Å². The maximum atomic E-state index is 11.8. The number of hydrogen-bond acceptors (Lipinski definition) is 6. The van der Waals surface area contributed by atoms with Crippen molar-refractivity contribution in [3.05, 3.63) is 40.5 Å². The van der Waals surface area contributed by atoms with Crippen LogP contribution >= 0.6 is 11.6 Å². The molecule has 1 aliphatic heterocycles. The number of fused-ring (bicyclic) bond motifs is 1. The third-order valence-electron chi connectivity index (χ3n) is 3.70. The van der Waals surface area contributed by atoms with Crippen LogP contribution in [0.2, 0.25) is 5.02 Å². The quantitative estimate of drug-likeness (QED) is 0.818. The highest BCUT2D eigenvalue weighted by Gasteiger charge is 2.23. The van der Waals surface area contributed by atoms with E-state index in [-0.39, 0.29) is 5.16 Å². The number of aromatic nitrogens is 2. The Hall–Kier alpha value is -1.86. The Bertz CT molecular complexity index is 856. The van der Waals surface area contributed by atoms with Crippen molar-refractivity contribution in [3.8, 4) is 5.75 Å². The topological polar surface area (TPSA) is 81.2 Å². The molecule has 6 nitrogen and oxygen atoms in total. The first-order valence-corrected chi connectivity index (χ1v) is 9.93. The van der Waals surface area contributed by atoms with Gasteiger partial charge in [-0.25, -0.2) is 13.4 Å². The molecule has 0 amide bonds. The minimum atomic E-state index is -3.48. The van der Waals surface area contributed by atoms with Crippen LogP contribution in [0.1, 0.15) is 17.7 Å². The molecule has 2 heterocycles. The zero-order valence-corrected chi connectivity index (χ0v) is 14.8. The van der Waals surface area contributed by atoms with Crippen molar-refractivity contribution in [1.29, 1.82) is 0 Å². The number of nitrogens with zero attached hydrogens (tertiary/aromatic N) is 2. The predicted octanol–water partition coefficient (Wildman–Crippen LogP) is 2.51. The maximum absolute atomic E-state index is 11.8. The van der Waals surface area contributed by atoms with E-state index in [2.05, 4.69) is 15.3 Å². The van der Waals surface area contributed by atoms with Gasteiger partial charge in [-0.1, -0.05) is 29.8 Å². The summed E-state index contributed by atoms with van der Waals surface area (Å²) in [7, 11) is -3.48. The Balaban J connectivity index is 1.83. The molecule has 128 valence electrons. The average molecular weight is 368 g/mol. The second kappa shape index (κ2) is 6.94. The summed E-state index contributed by atoms with van der Waals surface area (Å²) in [5, 5.41) is 3.69. The Morgan fingerprint density at radius 3 is 2.83 bits per heavy atom. The van der Waals surface area contributed by atoms with Gasteiger partial charge in [-0.3, -0.25) is 0 Å². The third kappa shape index (κ3) is 3.79. The Kier molecular flexibility index (Phi) is 4.91. The van der Waals surface area contributed by atoms with Gasteiger partial charge in [0.25, 0.3) is 0 Å². The minimum Gasteiger partial charge on any atom is -0.488 e. The lowest BCUT2D eigenvalue weighted by Crippen LogP contribution is -2.18. The number of benzene rings is 1. The first kappa shape index (κ1) is 17.0. The Labute approximate surface area is 146 Å². The number of sulfone groups is 1. The van der Waals surface area contributed by atoms with E-state index in [4.69, 9.17) is 16.3 Å². The van der Waals surface area contributed by atoms with Crippen LogP contribution in [-0.4, -0.2) is 37.8 Å². The zero-order chi connectivity index (χ0) is 17.2. The van der Waals surface area contributed by atoms with Gasteiger partial charge < -0.3 is 10.1 Å². The number of anilines is 1. The summed E-state index contributed by atoms with van der Waals surface area (Å²) in [4.78, 5) is 8.28. The standard InChI is InChI=1S/C16H18ClN3O3S/c1-24(21,22)16-19-13-7-4-10-23-14(13)15(20-16)18-9-8-11-5-2-3-6-12(11)17/h2-3,5-6H,4,7-10H2,1H3,(H,18,19,20). The van der Waals surface area contributed by atoms with Gasteiger partial charge >= 0.3 is 0 Å². The summed E-state index contributed by atoms with van der Waals surface area (Å²) >= 11 is 6.15. The number of nitrogens with one attached hydrogen (secondary N) is 1. The van der Waals surface area contributed by atoms with Gasteiger partial charge in [0, 0.05) is 17.8 Å². The van der Waals surface area contributed by atoms with Crippen molar-refractivity contribution in [2.24, 2.45) is 0 Å².